The topological polar surface area (TPSA) is 35.1 Å². The molecule has 0 aliphatic carbocycles. The van der Waals surface area contributed by atoms with Crippen molar-refractivity contribution in [2.24, 2.45) is 0 Å². The van der Waals surface area contributed by atoms with Crippen LogP contribution in [0.4, 0.5) is 0 Å². The summed E-state index contributed by atoms with van der Waals surface area (Å²) in [5, 5.41) is 2.02. The van der Waals surface area contributed by atoms with E-state index in [1.54, 1.807) is 6.26 Å². The van der Waals surface area contributed by atoms with Gasteiger partial charge >= 0.3 is 0 Å². The molecule has 0 bridgehead atoms. The predicted molar refractivity (Wildman–Crippen MR) is 82.5 cm³/mol. The summed E-state index contributed by atoms with van der Waals surface area (Å²) in [6.45, 7) is 0.317. The van der Waals surface area contributed by atoms with E-state index in [2.05, 4.69) is 0 Å². The summed E-state index contributed by atoms with van der Waals surface area (Å²) in [7, 11) is 0. The molecule has 4 aromatic rings. The van der Waals surface area contributed by atoms with Gasteiger partial charge in [-0.1, -0.05) is 36.4 Å². The van der Waals surface area contributed by atoms with Crippen LogP contribution in [0.1, 0.15) is 10.4 Å². The molecule has 0 fully saturated rings. The van der Waals surface area contributed by atoms with Gasteiger partial charge in [0, 0.05) is 17.1 Å². The molecule has 102 valence electrons. The van der Waals surface area contributed by atoms with Crippen LogP contribution in [0.3, 0.4) is 0 Å². The van der Waals surface area contributed by atoms with E-state index in [4.69, 9.17) is 4.42 Å². The van der Waals surface area contributed by atoms with Gasteiger partial charge in [-0.2, -0.15) is 0 Å². The highest BCUT2D eigenvalue weighted by molar-refractivity contribution is 6.07. The Balaban J connectivity index is 1.72. The molecule has 0 radical (unpaired) electrons. The van der Waals surface area contributed by atoms with E-state index in [0.717, 1.165) is 21.9 Å². The van der Waals surface area contributed by atoms with Crippen LogP contribution in [0.2, 0.25) is 0 Å². The summed E-state index contributed by atoms with van der Waals surface area (Å²) in [6, 6.07) is 17.7. The monoisotopic (exact) mass is 275 g/mol. The zero-order valence-corrected chi connectivity index (χ0v) is 11.3. The van der Waals surface area contributed by atoms with E-state index in [9.17, 15) is 4.79 Å². The van der Waals surface area contributed by atoms with E-state index in [-0.39, 0.29) is 5.78 Å². The number of fused-ring (bicyclic) bond motifs is 2. The number of carbonyl (C=O) groups is 1. The second-order valence-corrected chi connectivity index (χ2v) is 5.07. The van der Waals surface area contributed by atoms with Gasteiger partial charge in [0.1, 0.15) is 11.8 Å². The first-order valence-corrected chi connectivity index (χ1v) is 6.86. The molecular formula is C18H13NO2. The molecule has 3 nitrogen and oxygen atoms in total. The highest BCUT2D eigenvalue weighted by atomic mass is 16.3. The van der Waals surface area contributed by atoms with Crippen LogP contribution >= 0.6 is 0 Å². The second-order valence-electron chi connectivity index (χ2n) is 5.07. The number of para-hydroxylation sites is 2. The molecule has 0 unspecified atom stereocenters. The van der Waals surface area contributed by atoms with Gasteiger partial charge < -0.3 is 8.98 Å². The number of aromatic nitrogens is 1. The fraction of sp³-hybridized carbons (Fsp3) is 0.0556. The van der Waals surface area contributed by atoms with Crippen LogP contribution in [-0.2, 0) is 6.54 Å². The van der Waals surface area contributed by atoms with E-state index in [0.29, 0.717) is 12.1 Å². The minimum Gasteiger partial charge on any atom is -0.464 e. The first-order chi connectivity index (χ1) is 10.3. The van der Waals surface area contributed by atoms with Gasteiger partial charge in [0.2, 0.25) is 0 Å². The molecule has 2 heterocycles. The minimum absolute atomic E-state index is 0.0568. The van der Waals surface area contributed by atoms with Gasteiger partial charge in [0.15, 0.2) is 5.78 Å². The molecule has 2 aromatic carbocycles. The Bertz CT molecular complexity index is 946. The number of benzene rings is 2. The molecular weight excluding hydrogens is 262 g/mol. The molecule has 0 saturated carbocycles. The molecule has 0 amide bonds. The standard InChI is InChI=1S/C18H13NO2/c20-17(15-12-21-18-8-4-2-6-14(15)18)11-19-10-9-13-5-1-3-7-16(13)19/h1-10,12H,11H2. The number of carbonyl (C=O) groups excluding carboxylic acids is 1. The molecule has 4 rings (SSSR count). The van der Waals surface area contributed by atoms with Crippen molar-refractivity contribution in [3.8, 4) is 0 Å². The number of hydrogen-bond donors (Lipinski definition) is 0. The van der Waals surface area contributed by atoms with Crippen LogP contribution in [-0.4, -0.2) is 10.4 Å². The molecule has 3 heteroatoms. The summed E-state index contributed by atoms with van der Waals surface area (Å²) in [6.07, 6.45) is 3.50. The van der Waals surface area contributed by atoms with Crippen LogP contribution in [0.5, 0.6) is 0 Å². The van der Waals surface area contributed by atoms with Crippen molar-refractivity contribution < 1.29 is 9.21 Å². The quantitative estimate of drug-likeness (QED) is 0.523. The van der Waals surface area contributed by atoms with Crippen molar-refractivity contribution in [3.05, 3.63) is 72.6 Å². The molecule has 0 atom stereocenters. The van der Waals surface area contributed by atoms with Crippen LogP contribution in [0.15, 0.2) is 71.5 Å². The van der Waals surface area contributed by atoms with Gasteiger partial charge in [-0.25, -0.2) is 0 Å². The highest BCUT2D eigenvalue weighted by Crippen LogP contribution is 2.22. The van der Waals surface area contributed by atoms with Gasteiger partial charge in [-0.15, -0.1) is 0 Å². The fourth-order valence-electron chi connectivity index (χ4n) is 2.71. The third kappa shape index (κ3) is 1.94. The highest BCUT2D eigenvalue weighted by Gasteiger charge is 2.14. The molecule has 21 heavy (non-hydrogen) atoms. The van der Waals surface area contributed by atoms with Crippen LogP contribution < -0.4 is 0 Å². The van der Waals surface area contributed by atoms with Gasteiger partial charge in [0.25, 0.3) is 0 Å². The van der Waals surface area contributed by atoms with E-state index in [1.807, 2.05) is 65.4 Å². The third-order valence-corrected chi connectivity index (χ3v) is 3.78. The SMILES string of the molecule is O=C(Cn1ccc2ccccc21)c1coc2ccccc12. The van der Waals surface area contributed by atoms with Crippen molar-refractivity contribution in [2.75, 3.05) is 0 Å². The molecule has 0 N–H and O–H groups in total. The number of Topliss-reactive ketones (excluding diaryl/α,β-unsaturated/α-hetero) is 1. The van der Waals surface area contributed by atoms with Crippen LogP contribution in [0.25, 0.3) is 21.9 Å². The number of furan rings is 1. The summed E-state index contributed by atoms with van der Waals surface area (Å²) >= 11 is 0. The van der Waals surface area contributed by atoms with Gasteiger partial charge in [-0.3, -0.25) is 4.79 Å². The Morgan fingerprint density at radius 1 is 1.00 bits per heavy atom. The molecule has 0 aliphatic heterocycles. The third-order valence-electron chi connectivity index (χ3n) is 3.78. The van der Waals surface area contributed by atoms with Crippen molar-refractivity contribution >= 4 is 27.7 Å². The van der Waals surface area contributed by atoms with Crippen molar-refractivity contribution in [1.82, 2.24) is 4.57 Å². The van der Waals surface area contributed by atoms with Crippen molar-refractivity contribution in [2.45, 2.75) is 6.54 Å². The zero-order valence-electron chi connectivity index (χ0n) is 11.3. The summed E-state index contributed by atoms with van der Waals surface area (Å²) in [5.41, 5.74) is 2.46. The first-order valence-electron chi connectivity index (χ1n) is 6.86. The lowest BCUT2D eigenvalue weighted by Gasteiger charge is -2.03. The minimum atomic E-state index is 0.0568. The Morgan fingerprint density at radius 3 is 2.76 bits per heavy atom. The Kier molecular flexibility index (Phi) is 2.64. The maximum atomic E-state index is 12.5. The largest absolute Gasteiger partial charge is 0.464 e. The summed E-state index contributed by atoms with van der Waals surface area (Å²) in [4.78, 5) is 12.5. The lowest BCUT2D eigenvalue weighted by Crippen LogP contribution is -2.08. The molecule has 0 spiro atoms. The average Bonchev–Trinajstić information content (AvgIpc) is 3.12. The average molecular weight is 275 g/mol. The summed E-state index contributed by atoms with van der Waals surface area (Å²) < 4.78 is 7.42. The van der Waals surface area contributed by atoms with E-state index < -0.39 is 0 Å². The van der Waals surface area contributed by atoms with Crippen LogP contribution in [0, 0.1) is 0 Å². The maximum absolute atomic E-state index is 12.5. The lowest BCUT2D eigenvalue weighted by molar-refractivity contribution is 0.0974. The van der Waals surface area contributed by atoms with E-state index >= 15 is 0 Å². The van der Waals surface area contributed by atoms with Crippen molar-refractivity contribution in [1.29, 1.82) is 0 Å². The van der Waals surface area contributed by atoms with Gasteiger partial charge in [0.05, 0.1) is 12.1 Å². The number of nitrogens with zero attached hydrogens (tertiary/aromatic N) is 1. The molecule has 0 saturated heterocycles. The molecule has 0 aliphatic rings. The lowest BCUT2D eigenvalue weighted by atomic mass is 10.1. The Morgan fingerprint density at radius 2 is 1.81 bits per heavy atom. The first kappa shape index (κ1) is 12.0. The van der Waals surface area contributed by atoms with E-state index in [1.165, 1.54) is 0 Å². The van der Waals surface area contributed by atoms with Crippen molar-refractivity contribution in [3.63, 3.8) is 0 Å². The number of rotatable bonds is 3. The van der Waals surface area contributed by atoms with Gasteiger partial charge in [-0.05, 0) is 23.6 Å². The Labute approximate surface area is 121 Å². The zero-order chi connectivity index (χ0) is 14.2. The number of ketones is 1. The molecule has 2 aromatic heterocycles. The smallest absolute Gasteiger partial charge is 0.186 e. The summed E-state index contributed by atoms with van der Waals surface area (Å²) in [5.74, 6) is 0.0568. The maximum Gasteiger partial charge on any atom is 0.186 e. The second kappa shape index (κ2) is 4.63. The fourth-order valence-corrected chi connectivity index (χ4v) is 2.71. The normalized spacial score (nSPS) is 11.2. The predicted octanol–water partition coefficient (Wildman–Crippen LogP) is 4.27. The number of hydrogen-bond acceptors (Lipinski definition) is 2. The Hall–Kier alpha value is -2.81.